The van der Waals surface area contributed by atoms with Crippen LogP contribution in [0.25, 0.3) is 0 Å². The minimum atomic E-state index is 0.708. The van der Waals surface area contributed by atoms with Crippen LogP contribution >= 0.6 is 22.6 Å². The minimum Gasteiger partial charge on any atom is -0.353 e. The Labute approximate surface area is 73.4 Å². The van der Waals surface area contributed by atoms with Crippen molar-refractivity contribution in [2.75, 3.05) is 16.3 Å². The van der Waals surface area contributed by atoms with Gasteiger partial charge in [-0.1, -0.05) is 22.6 Å². The SMILES string of the molecule is ICCNc1ncccn1. The average Bonchev–Trinajstić information content (AvgIpc) is 2.03. The number of alkyl halides is 1. The van der Waals surface area contributed by atoms with E-state index < -0.39 is 0 Å². The second kappa shape index (κ2) is 4.43. The molecule has 0 unspecified atom stereocenters. The maximum Gasteiger partial charge on any atom is 0.222 e. The maximum atomic E-state index is 3.99. The third kappa shape index (κ3) is 2.47. The van der Waals surface area contributed by atoms with Crippen molar-refractivity contribution in [2.45, 2.75) is 0 Å². The van der Waals surface area contributed by atoms with E-state index in [0.717, 1.165) is 11.0 Å². The van der Waals surface area contributed by atoms with E-state index in [-0.39, 0.29) is 0 Å². The summed E-state index contributed by atoms with van der Waals surface area (Å²) in [5.41, 5.74) is 0. The molecule has 0 saturated carbocycles. The van der Waals surface area contributed by atoms with Crippen LogP contribution in [0.15, 0.2) is 18.5 Å². The van der Waals surface area contributed by atoms with Gasteiger partial charge >= 0.3 is 0 Å². The molecule has 0 spiro atoms. The molecule has 1 aromatic rings. The van der Waals surface area contributed by atoms with Crippen molar-refractivity contribution in [3.63, 3.8) is 0 Å². The number of hydrogen-bond donors (Lipinski definition) is 1. The fraction of sp³-hybridized carbons (Fsp3) is 0.333. The molecule has 0 fully saturated rings. The molecule has 0 bridgehead atoms. The Bertz CT molecular complexity index is 178. The molecule has 1 N–H and O–H groups in total. The van der Waals surface area contributed by atoms with E-state index in [2.05, 4.69) is 37.9 Å². The van der Waals surface area contributed by atoms with Gasteiger partial charge in [-0.25, -0.2) is 9.97 Å². The first-order valence-electron chi connectivity index (χ1n) is 3.00. The minimum absolute atomic E-state index is 0.708. The molecule has 10 heavy (non-hydrogen) atoms. The first-order chi connectivity index (χ1) is 4.93. The molecule has 0 aromatic carbocycles. The standard InChI is InChI=1S/C6H8IN3/c7-2-5-10-6-8-3-1-4-9-6/h1,3-4H,2,5H2,(H,8,9,10). The molecule has 0 saturated heterocycles. The molecule has 0 atom stereocenters. The summed E-state index contributed by atoms with van der Waals surface area (Å²) < 4.78 is 1.07. The summed E-state index contributed by atoms with van der Waals surface area (Å²) >= 11 is 2.30. The lowest BCUT2D eigenvalue weighted by Crippen LogP contribution is -2.04. The second-order valence-corrected chi connectivity index (χ2v) is 2.77. The Balaban J connectivity index is 2.43. The normalized spacial score (nSPS) is 9.30. The summed E-state index contributed by atoms with van der Waals surface area (Å²) in [4.78, 5) is 7.98. The molecule has 1 aromatic heterocycles. The Morgan fingerprint density at radius 1 is 1.40 bits per heavy atom. The Morgan fingerprint density at radius 3 is 2.70 bits per heavy atom. The average molecular weight is 249 g/mol. The van der Waals surface area contributed by atoms with Gasteiger partial charge in [-0.15, -0.1) is 0 Å². The number of halogens is 1. The van der Waals surface area contributed by atoms with Crippen molar-refractivity contribution in [1.82, 2.24) is 9.97 Å². The van der Waals surface area contributed by atoms with Crippen LogP contribution < -0.4 is 5.32 Å². The molecular weight excluding hydrogens is 241 g/mol. The highest BCUT2D eigenvalue weighted by molar-refractivity contribution is 14.1. The van der Waals surface area contributed by atoms with E-state index in [0.29, 0.717) is 5.95 Å². The molecule has 1 heterocycles. The number of rotatable bonds is 3. The van der Waals surface area contributed by atoms with Gasteiger partial charge in [-0.05, 0) is 6.07 Å². The maximum absolute atomic E-state index is 3.99. The van der Waals surface area contributed by atoms with Crippen molar-refractivity contribution in [1.29, 1.82) is 0 Å². The zero-order valence-corrected chi connectivity index (χ0v) is 7.58. The molecule has 0 aliphatic rings. The molecular formula is C6H8IN3. The van der Waals surface area contributed by atoms with Crippen molar-refractivity contribution >= 4 is 28.5 Å². The van der Waals surface area contributed by atoms with Crippen molar-refractivity contribution < 1.29 is 0 Å². The van der Waals surface area contributed by atoms with Gasteiger partial charge in [-0.2, -0.15) is 0 Å². The first-order valence-corrected chi connectivity index (χ1v) is 4.53. The lowest BCUT2D eigenvalue weighted by atomic mass is 10.6. The van der Waals surface area contributed by atoms with Crippen LogP contribution in [0.5, 0.6) is 0 Å². The molecule has 0 aliphatic heterocycles. The van der Waals surface area contributed by atoms with Crippen LogP contribution in [0.3, 0.4) is 0 Å². The molecule has 0 aliphatic carbocycles. The Hall–Kier alpha value is -0.390. The predicted molar refractivity (Wildman–Crippen MR) is 49.4 cm³/mol. The largest absolute Gasteiger partial charge is 0.353 e. The zero-order valence-electron chi connectivity index (χ0n) is 5.42. The number of nitrogens with one attached hydrogen (secondary N) is 1. The zero-order chi connectivity index (χ0) is 7.23. The lowest BCUT2D eigenvalue weighted by Gasteiger charge is -1.98. The monoisotopic (exact) mass is 249 g/mol. The van der Waals surface area contributed by atoms with Gasteiger partial charge in [0.1, 0.15) is 0 Å². The summed E-state index contributed by atoms with van der Waals surface area (Å²) in [5.74, 6) is 0.708. The van der Waals surface area contributed by atoms with Gasteiger partial charge in [0.15, 0.2) is 0 Å². The van der Waals surface area contributed by atoms with Crippen LogP contribution in [0.2, 0.25) is 0 Å². The van der Waals surface area contributed by atoms with Gasteiger partial charge in [0, 0.05) is 23.4 Å². The fourth-order valence-electron chi connectivity index (χ4n) is 0.549. The van der Waals surface area contributed by atoms with Crippen LogP contribution in [-0.4, -0.2) is 20.9 Å². The fourth-order valence-corrected chi connectivity index (χ4v) is 0.819. The van der Waals surface area contributed by atoms with Crippen LogP contribution in [0.4, 0.5) is 5.95 Å². The third-order valence-electron chi connectivity index (χ3n) is 0.943. The van der Waals surface area contributed by atoms with Gasteiger partial charge in [0.2, 0.25) is 5.95 Å². The molecule has 0 radical (unpaired) electrons. The molecule has 0 amide bonds. The first kappa shape index (κ1) is 7.71. The van der Waals surface area contributed by atoms with E-state index >= 15 is 0 Å². The summed E-state index contributed by atoms with van der Waals surface area (Å²) in [5, 5.41) is 3.06. The second-order valence-electron chi connectivity index (χ2n) is 1.69. The summed E-state index contributed by atoms with van der Waals surface area (Å²) in [6, 6.07) is 1.80. The number of hydrogen-bond acceptors (Lipinski definition) is 3. The number of anilines is 1. The summed E-state index contributed by atoms with van der Waals surface area (Å²) in [6.07, 6.45) is 3.45. The van der Waals surface area contributed by atoms with E-state index in [1.165, 1.54) is 0 Å². The molecule has 54 valence electrons. The van der Waals surface area contributed by atoms with Crippen molar-refractivity contribution in [3.8, 4) is 0 Å². The van der Waals surface area contributed by atoms with E-state index in [1.807, 2.05) is 0 Å². The van der Waals surface area contributed by atoms with E-state index in [9.17, 15) is 0 Å². The van der Waals surface area contributed by atoms with Gasteiger partial charge < -0.3 is 5.32 Å². The highest BCUT2D eigenvalue weighted by atomic mass is 127. The van der Waals surface area contributed by atoms with Crippen LogP contribution in [0, 0.1) is 0 Å². The lowest BCUT2D eigenvalue weighted by molar-refractivity contribution is 1.10. The van der Waals surface area contributed by atoms with Crippen LogP contribution in [0.1, 0.15) is 0 Å². The predicted octanol–water partition coefficient (Wildman–Crippen LogP) is 1.32. The van der Waals surface area contributed by atoms with E-state index in [1.54, 1.807) is 18.5 Å². The third-order valence-corrected chi connectivity index (χ3v) is 1.48. The molecule has 1 rings (SSSR count). The summed E-state index contributed by atoms with van der Waals surface area (Å²) in [7, 11) is 0. The Kier molecular flexibility index (Phi) is 3.42. The molecule has 3 nitrogen and oxygen atoms in total. The molecule has 4 heteroatoms. The van der Waals surface area contributed by atoms with Gasteiger partial charge in [-0.3, -0.25) is 0 Å². The highest BCUT2D eigenvalue weighted by Crippen LogP contribution is 1.92. The summed E-state index contributed by atoms with van der Waals surface area (Å²) in [6.45, 7) is 0.921. The quantitative estimate of drug-likeness (QED) is 0.648. The van der Waals surface area contributed by atoms with Gasteiger partial charge in [0.25, 0.3) is 0 Å². The van der Waals surface area contributed by atoms with Gasteiger partial charge in [0.05, 0.1) is 0 Å². The Morgan fingerprint density at radius 2 is 2.10 bits per heavy atom. The topological polar surface area (TPSA) is 37.8 Å². The van der Waals surface area contributed by atoms with E-state index in [4.69, 9.17) is 0 Å². The number of nitrogens with zero attached hydrogens (tertiary/aromatic N) is 2. The van der Waals surface area contributed by atoms with Crippen molar-refractivity contribution in [2.24, 2.45) is 0 Å². The van der Waals surface area contributed by atoms with Crippen LogP contribution in [-0.2, 0) is 0 Å². The highest BCUT2D eigenvalue weighted by Gasteiger charge is 1.88. The van der Waals surface area contributed by atoms with Crippen molar-refractivity contribution in [3.05, 3.63) is 18.5 Å². The number of aromatic nitrogens is 2. The smallest absolute Gasteiger partial charge is 0.222 e.